The maximum Gasteiger partial charge on any atom is 0.312 e. The SMILES string of the molecule is O=C(N[N+]1(c2c(S(=O)(=O)O)ccc3ccccc23)CCCCC1)C1=NN(c2ccc(Cl)cc2Cl)C(c2ccc(Cl)cc2)C1. The second kappa shape index (κ2) is 11.7. The summed E-state index contributed by atoms with van der Waals surface area (Å²) in [5.41, 5.74) is 5.22. The van der Waals surface area contributed by atoms with Crippen LogP contribution in [0, 0.1) is 0 Å². The van der Waals surface area contributed by atoms with E-state index in [0.717, 1.165) is 30.2 Å². The van der Waals surface area contributed by atoms with E-state index in [9.17, 15) is 17.8 Å². The molecule has 1 atom stereocenters. The van der Waals surface area contributed by atoms with Crippen LogP contribution in [0.5, 0.6) is 0 Å². The molecule has 1 saturated heterocycles. The van der Waals surface area contributed by atoms with E-state index >= 15 is 0 Å². The number of carbonyl (C=O) groups excluding carboxylic acids is 1. The number of benzene rings is 4. The Kier molecular flexibility index (Phi) is 8.14. The molecule has 8 nitrogen and oxygen atoms in total. The summed E-state index contributed by atoms with van der Waals surface area (Å²) < 4.78 is 35.5. The molecular weight excluding hydrogens is 631 g/mol. The zero-order valence-electron chi connectivity index (χ0n) is 22.9. The molecule has 2 aliphatic rings. The number of quaternary nitrogens is 1. The highest BCUT2D eigenvalue weighted by Crippen LogP contribution is 2.42. The van der Waals surface area contributed by atoms with Crippen molar-refractivity contribution in [2.45, 2.75) is 36.6 Å². The molecule has 222 valence electrons. The third-order valence-electron chi connectivity index (χ3n) is 8.05. The minimum absolute atomic E-state index is 0.137. The van der Waals surface area contributed by atoms with Gasteiger partial charge in [0.1, 0.15) is 18.8 Å². The Morgan fingerprint density at radius 1 is 0.907 bits per heavy atom. The Labute approximate surface area is 264 Å². The van der Waals surface area contributed by atoms with Crippen molar-refractivity contribution in [3.63, 3.8) is 0 Å². The van der Waals surface area contributed by atoms with Crippen molar-refractivity contribution in [3.8, 4) is 0 Å². The molecule has 1 fully saturated rings. The lowest BCUT2D eigenvalue weighted by Gasteiger charge is -2.40. The maximum atomic E-state index is 14.2. The summed E-state index contributed by atoms with van der Waals surface area (Å²) in [6.45, 7) is 0.895. The first-order valence-electron chi connectivity index (χ1n) is 13.8. The fourth-order valence-electron chi connectivity index (χ4n) is 6.07. The molecule has 0 spiro atoms. The lowest BCUT2D eigenvalue weighted by atomic mass is 10.0. The molecular formula is C31H28Cl3N4O4S+. The normalized spacial score (nSPS) is 18.5. The van der Waals surface area contributed by atoms with Crippen LogP contribution in [0.2, 0.25) is 15.1 Å². The van der Waals surface area contributed by atoms with Crippen LogP contribution in [0.3, 0.4) is 0 Å². The zero-order valence-corrected chi connectivity index (χ0v) is 26.0. The van der Waals surface area contributed by atoms with Crippen molar-refractivity contribution < 1.29 is 17.8 Å². The second-order valence-corrected chi connectivity index (χ2v) is 13.5. The van der Waals surface area contributed by atoms with Crippen LogP contribution in [0.25, 0.3) is 10.8 Å². The number of amides is 1. The second-order valence-electron chi connectivity index (χ2n) is 10.8. The topological polar surface area (TPSA) is 99.1 Å². The number of halogens is 3. The molecule has 0 radical (unpaired) electrons. The number of nitrogens with one attached hydrogen (secondary N) is 1. The van der Waals surface area contributed by atoms with Crippen LogP contribution in [-0.4, -0.2) is 37.7 Å². The minimum atomic E-state index is -4.61. The van der Waals surface area contributed by atoms with Crippen molar-refractivity contribution in [2.24, 2.45) is 5.10 Å². The van der Waals surface area contributed by atoms with E-state index in [2.05, 4.69) is 5.43 Å². The van der Waals surface area contributed by atoms with Crippen molar-refractivity contribution in [2.75, 3.05) is 18.1 Å². The quantitative estimate of drug-likeness (QED) is 0.164. The van der Waals surface area contributed by atoms with Gasteiger partial charge in [-0.15, -0.1) is 0 Å². The van der Waals surface area contributed by atoms with E-state index in [1.165, 1.54) is 6.07 Å². The predicted molar refractivity (Wildman–Crippen MR) is 172 cm³/mol. The molecule has 2 aliphatic heterocycles. The standard InChI is InChI=1S/C31H27Cl3N4O4S/c32-22-11-8-21(9-12-22)28-19-26(35-37(28)27-14-13-23(33)18-25(27)34)31(39)36-38(16-4-1-5-17-38)30-24-7-3-2-6-20(24)10-15-29(30)43(40,41)42/h2-3,6-15,18,28H,1,4-5,16-17,19H2,(H-,36,39,40,41,42)/p+1. The maximum absolute atomic E-state index is 14.2. The number of piperidine rings is 1. The predicted octanol–water partition coefficient (Wildman–Crippen LogP) is 7.58. The summed E-state index contributed by atoms with van der Waals surface area (Å²) in [6.07, 6.45) is 2.69. The lowest BCUT2D eigenvalue weighted by Crippen LogP contribution is -2.65. The fourth-order valence-corrected chi connectivity index (χ4v) is 7.46. The zero-order chi connectivity index (χ0) is 30.4. The van der Waals surface area contributed by atoms with E-state index in [-0.39, 0.29) is 27.7 Å². The third kappa shape index (κ3) is 5.85. The number of hydrogen-bond acceptors (Lipinski definition) is 5. The monoisotopic (exact) mass is 657 g/mol. The van der Waals surface area contributed by atoms with Crippen LogP contribution in [0.4, 0.5) is 11.4 Å². The van der Waals surface area contributed by atoms with Gasteiger partial charge in [0.25, 0.3) is 0 Å². The van der Waals surface area contributed by atoms with Gasteiger partial charge in [0, 0.05) is 21.9 Å². The Balaban J connectivity index is 1.44. The first-order valence-corrected chi connectivity index (χ1v) is 16.4. The molecule has 6 rings (SSSR count). The van der Waals surface area contributed by atoms with Gasteiger partial charge in [-0.25, -0.2) is 0 Å². The van der Waals surface area contributed by atoms with Crippen LogP contribution < -0.4 is 15.0 Å². The van der Waals surface area contributed by atoms with Gasteiger partial charge in [-0.05, 0) is 72.7 Å². The van der Waals surface area contributed by atoms with Gasteiger partial charge in [0.05, 0.1) is 16.8 Å². The number of hydrogen-bond donors (Lipinski definition) is 2. The molecule has 0 saturated carbocycles. The minimum Gasteiger partial charge on any atom is -0.282 e. The van der Waals surface area contributed by atoms with Crippen molar-refractivity contribution in [3.05, 3.63) is 99.5 Å². The van der Waals surface area contributed by atoms with E-state index < -0.39 is 16.0 Å². The first kappa shape index (κ1) is 29.9. The summed E-state index contributed by atoms with van der Waals surface area (Å²) >= 11 is 18.9. The molecule has 12 heteroatoms. The number of rotatable bonds is 6. The lowest BCUT2D eigenvalue weighted by molar-refractivity contribution is -0.119. The highest BCUT2D eigenvalue weighted by Gasteiger charge is 2.43. The molecule has 0 aliphatic carbocycles. The summed E-state index contributed by atoms with van der Waals surface area (Å²) in [5, 5.41) is 9.33. The summed E-state index contributed by atoms with van der Waals surface area (Å²) in [4.78, 5) is 13.9. The van der Waals surface area contributed by atoms with Gasteiger partial charge in [0.2, 0.25) is 0 Å². The Morgan fingerprint density at radius 2 is 1.60 bits per heavy atom. The number of hydrazone groups is 1. The molecule has 43 heavy (non-hydrogen) atoms. The summed E-state index contributed by atoms with van der Waals surface area (Å²) in [7, 11) is -4.61. The molecule has 0 bridgehead atoms. The molecule has 0 aromatic heterocycles. The molecule has 1 amide bonds. The van der Waals surface area contributed by atoms with E-state index in [1.54, 1.807) is 41.4 Å². The van der Waals surface area contributed by atoms with Gasteiger partial charge < -0.3 is 0 Å². The van der Waals surface area contributed by atoms with Crippen LogP contribution in [0.15, 0.2) is 88.9 Å². The highest BCUT2D eigenvalue weighted by atomic mass is 35.5. The third-order valence-corrected chi connectivity index (χ3v) is 9.72. The Morgan fingerprint density at radius 3 is 2.30 bits per heavy atom. The van der Waals surface area contributed by atoms with Crippen molar-refractivity contribution >= 4 is 78.7 Å². The average Bonchev–Trinajstić information content (AvgIpc) is 3.42. The molecule has 2 N–H and O–H groups in total. The summed E-state index contributed by atoms with van der Waals surface area (Å²) in [5.74, 6) is -0.442. The highest BCUT2D eigenvalue weighted by molar-refractivity contribution is 7.86. The number of carbonyl (C=O) groups is 1. The van der Waals surface area contributed by atoms with E-state index in [4.69, 9.17) is 39.9 Å². The van der Waals surface area contributed by atoms with Gasteiger partial charge in [0.15, 0.2) is 10.6 Å². The van der Waals surface area contributed by atoms with E-state index in [1.807, 2.05) is 36.4 Å². The Bertz CT molecular complexity index is 1860. The first-order chi connectivity index (χ1) is 20.6. The largest absolute Gasteiger partial charge is 0.312 e. The fraction of sp³-hybridized carbons (Fsp3) is 0.226. The van der Waals surface area contributed by atoms with Gasteiger partial charge >= 0.3 is 16.0 Å². The number of fused-ring (bicyclic) bond motifs is 1. The van der Waals surface area contributed by atoms with Crippen LogP contribution >= 0.6 is 34.8 Å². The van der Waals surface area contributed by atoms with Crippen molar-refractivity contribution in [1.29, 1.82) is 0 Å². The molecule has 1 unspecified atom stereocenters. The Hall–Kier alpha value is -3.18. The van der Waals surface area contributed by atoms with Gasteiger partial charge in [-0.1, -0.05) is 71.2 Å². The average molecular weight is 659 g/mol. The van der Waals surface area contributed by atoms with Gasteiger partial charge in [-0.2, -0.15) is 23.5 Å². The van der Waals surface area contributed by atoms with Gasteiger partial charge in [-0.3, -0.25) is 14.4 Å². The van der Waals surface area contributed by atoms with Crippen LogP contribution in [-0.2, 0) is 14.9 Å². The molecule has 2 heterocycles. The smallest absolute Gasteiger partial charge is 0.282 e. The number of nitrogens with zero attached hydrogens (tertiary/aromatic N) is 3. The number of anilines is 1. The van der Waals surface area contributed by atoms with Crippen molar-refractivity contribution in [1.82, 2.24) is 10.0 Å². The van der Waals surface area contributed by atoms with Crippen LogP contribution in [0.1, 0.15) is 37.3 Å². The molecule has 4 aromatic carbocycles. The summed E-state index contributed by atoms with van der Waals surface area (Å²) in [6, 6.07) is 22.5. The molecule has 4 aromatic rings. The van der Waals surface area contributed by atoms with E-state index in [0.29, 0.717) is 44.9 Å².